The van der Waals surface area contributed by atoms with E-state index in [4.69, 9.17) is 4.74 Å². The van der Waals surface area contributed by atoms with Gasteiger partial charge in [0.1, 0.15) is 5.75 Å². The molecule has 0 amide bonds. The van der Waals surface area contributed by atoms with Crippen LogP contribution in [0.4, 0.5) is 0 Å². The number of hydrogen-bond donors (Lipinski definition) is 1. The predicted molar refractivity (Wildman–Crippen MR) is 76.6 cm³/mol. The van der Waals surface area contributed by atoms with Gasteiger partial charge in [-0.2, -0.15) is 0 Å². The monoisotopic (exact) mass is 275 g/mol. The van der Waals surface area contributed by atoms with Gasteiger partial charge in [0.15, 0.2) is 0 Å². The van der Waals surface area contributed by atoms with Gasteiger partial charge in [-0.25, -0.2) is 0 Å². The zero-order chi connectivity index (χ0) is 13.7. The van der Waals surface area contributed by atoms with E-state index in [1.54, 1.807) is 25.1 Å². The maximum absolute atomic E-state index is 9.70. The van der Waals surface area contributed by atoms with Crippen molar-refractivity contribution in [3.63, 3.8) is 0 Å². The van der Waals surface area contributed by atoms with Gasteiger partial charge < -0.3 is 9.84 Å². The van der Waals surface area contributed by atoms with E-state index < -0.39 is 6.10 Å². The first-order chi connectivity index (χ1) is 9.24. The van der Waals surface area contributed by atoms with Gasteiger partial charge in [-0.3, -0.25) is 4.98 Å². The van der Waals surface area contributed by atoms with Crippen LogP contribution in [0.1, 0.15) is 25.1 Å². The van der Waals surface area contributed by atoms with E-state index in [-0.39, 0.29) is 0 Å². The second-order valence-electron chi connectivity index (χ2n) is 4.10. The van der Waals surface area contributed by atoms with Crippen LogP contribution in [0.25, 0.3) is 0 Å². The molecule has 0 spiro atoms. The number of methoxy groups -OCH3 is 1. The van der Waals surface area contributed by atoms with Crippen LogP contribution in [0.15, 0.2) is 52.4 Å². The molecule has 0 aliphatic heterocycles. The molecule has 0 aliphatic rings. The molecular formula is C15H17NO2S. The quantitative estimate of drug-likeness (QED) is 0.903. The van der Waals surface area contributed by atoms with Gasteiger partial charge >= 0.3 is 0 Å². The summed E-state index contributed by atoms with van der Waals surface area (Å²) in [6.45, 7) is 1.93. The van der Waals surface area contributed by atoms with Crippen molar-refractivity contribution in [2.75, 3.05) is 7.11 Å². The molecule has 19 heavy (non-hydrogen) atoms. The second-order valence-corrected chi connectivity index (χ2v) is 5.21. The van der Waals surface area contributed by atoms with Crippen molar-refractivity contribution in [2.45, 2.75) is 29.2 Å². The highest BCUT2D eigenvalue weighted by Crippen LogP contribution is 2.34. The smallest absolute Gasteiger partial charge is 0.132 e. The Bertz CT molecular complexity index is 528. The van der Waals surface area contributed by atoms with E-state index in [0.717, 1.165) is 15.5 Å². The third-order valence-electron chi connectivity index (χ3n) is 2.78. The van der Waals surface area contributed by atoms with Crippen molar-refractivity contribution in [1.82, 2.24) is 4.98 Å². The molecule has 1 aromatic heterocycles. The van der Waals surface area contributed by atoms with Crippen molar-refractivity contribution in [3.8, 4) is 5.75 Å². The fraction of sp³-hybridized carbons (Fsp3) is 0.267. The van der Waals surface area contributed by atoms with Gasteiger partial charge in [0.2, 0.25) is 0 Å². The Morgan fingerprint density at radius 2 is 2.05 bits per heavy atom. The third kappa shape index (κ3) is 3.49. The van der Waals surface area contributed by atoms with Gasteiger partial charge in [0.25, 0.3) is 0 Å². The Balaban J connectivity index is 2.15. The standard InChI is InChI=1S/C15H17NO2S/c1-3-13(17)12-9-8-11(10-16-12)19-15-7-5-4-6-14(15)18-2/h4-10,13,17H,3H2,1-2H3/t13-/m0/s1. The van der Waals surface area contributed by atoms with Crippen LogP contribution >= 0.6 is 11.8 Å². The number of aromatic nitrogens is 1. The van der Waals surface area contributed by atoms with Crippen LogP contribution in [-0.4, -0.2) is 17.2 Å². The maximum atomic E-state index is 9.70. The molecule has 2 aromatic rings. The van der Waals surface area contributed by atoms with Crippen LogP contribution in [0.3, 0.4) is 0 Å². The lowest BCUT2D eigenvalue weighted by molar-refractivity contribution is 0.169. The molecule has 2 rings (SSSR count). The number of hydrogen-bond acceptors (Lipinski definition) is 4. The molecule has 0 bridgehead atoms. The molecule has 0 unspecified atom stereocenters. The third-order valence-corrected chi connectivity index (χ3v) is 3.82. The fourth-order valence-corrected chi connectivity index (χ4v) is 2.58. The summed E-state index contributed by atoms with van der Waals surface area (Å²) in [7, 11) is 1.67. The number of aliphatic hydroxyl groups is 1. The molecule has 1 aromatic carbocycles. The Morgan fingerprint density at radius 1 is 1.26 bits per heavy atom. The van der Waals surface area contributed by atoms with Crippen molar-refractivity contribution < 1.29 is 9.84 Å². The molecule has 0 aliphatic carbocycles. The largest absolute Gasteiger partial charge is 0.496 e. The molecule has 1 atom stereocenters. The summed E-state index contributed by atoms with van der Waals surface area (Å²) < 4.78 is 5.32. The summed E-state index contributed by atoms with van der Waals surface area (Å²) in [5.74, 6) is 0.852. The minimum atomic E-state index is -0.481. The highest BCUT2D eigenvalue weighted by Gasteiger charge is 2.08. The molecule has 1 N–H and O–H groups in total. The molecular weight excluding hydrogens is 258 g/mol. The van der Waals surface area contributed by atoms with Gasteiger partial charge in [0, 0.05) is 11.1 Å². The van der Waals surface area contributed by atoms with Crippen LogP contribution < -0.4 is 4.74 Å². The van der Waals surface area contributed by atoms with E-state index >= 15 is 0 Å². The molecule has 0 saturated heterocycles. The van der Waals surface area contributed by atoms with Gasteiger partial charge in [0.05, 0.1) is 23.8 Å². The summed E-state index contributed by atoms with van der Waals surface area (Å²) in [5.41, 5.74) is 0.715. The molecule has 0 fully saturated rings. The van der Waals surface area contributed by atoms with E-state index in [1.807, 2.05) is 43.3 Å². The van der Waals surface area contributed by atoms with Gasteiger partial charge in [-0.15, -0.1) is 0 Å². The highest BCUT2D eigenvalue weighted by atomic mass is 32.2. The van der Waals surface area contributed by atoms with Crippen molar-refractivity contribution >= 4 is 11.8 Å². The average Bonchev–Trinajstić information content (AvgIpc) is 2.48. The molecule has 0 radical (unpaired) electrons. The normalized spacial score (nSPS) is 12.2. The van der Waals surface area contributed by atoms with E-state index in [9.17, 15) is 5.11 Å². The van der Waals surface area contributed by atoms with Crippen LogP contribution in [-0.2, 0) is 0 Å². The topological polar surface area (TPSA) is 42.4 Å². The first kappa shape index (κ1) is 13.9. The van der Waals surface area contributed by atoms with E-state index in [2.05, 4.69) is 4.98 Å². The lowest BCUT2D eigenvalue weighted by Crippen LogP contribution is -1.97. The number of ether oxygens (including phenoxy) is 1. The summed E-state index contributed by atoms with van der Waals surface area (Å²) >= 11 is 1.60. The van der Waals surface area contributed by atoms with Crippen molar-refractivity contribution in [1.29, 1.82) is 0 Å². The first-order valence-corrected chi connectivity index (χ1v) is 7.01. The predicted octanol–water partition coefficient (Wildman–Crippen LogP) is 3.68. The summed E-state index contributed by atoms with van der Waals surface area (Å²) in [6.07, 6.45) is 1.97. The Hall–Kier alpha value is -1.52. The maximum Gasteiger partial charge on any atom is 0.132 e. The SMILES string of the molecule is CC[C@H](O)c1ccc(Sc2ccccc2OC)cn1. The number of pyridine rings is 1. The van der Waals surface area contributed by atoms with E-state index in [0.29, 0.717) is 12.1 Å². The lowest BCUT2D eigenvalue weighted by Gasteiger charge is -2.09. The number of nitrogens with zero attached hydrogens (tertiary/aromatic N) is 1. The van der Waals surface area contributed by atoms with E-state index in [1.165, 1.54) is 0 Å². The van der Waals surface area contributed by atoms with Gasteiger partial charge in [-0.05, 0) is 30.7 Å². The molecule has 0 saturated carbocycles. The number of aliphatic hydroxyl groups excluding tert-OH is 1. The number of para-hydroxylation sites is 1. The molecule has 4 heteroatoms. The Morgan fingerprint density at radius 3 is 2.68 bits per heavy atom. The number of benzene rings is 1. The number of rotatable bonds is 5. The lowest BCUT2D eigenvalue weighted by atomic mass is 10.2. The summed E-state index contributed by atoms with van der Waals surface area (Å²) in [4.78, 5) is 6.37. The van der Waals surface area contributed by atoms with Crippen LogP contribution in [0, 0.1) is 0 Å². The van der Waals surface area contributed by atoms with Gasteiger partial charge in [-0.1, -0.05) is 30.8 Å². The summed E-state index contributed by atoms with van der Waals surface area (Å²) in [5, 5.41) is 9.70. The second kappa shape index (κ2) is 6.59. The fourth-order valence-electron chi connectivity index (χ4n) is 1.69. The minimum Gasteiger partial charge on any atom is -0.496 e. The first-order valence-electron chi connectivity index (χ1n) is 6.19. The zero-order valence-electron chi connectivity index (χ0n) is 11.0. The molecule has 1 heterocycles. The highest BCUT2D eigenvalue weighted by molar-refractivity contribution is 7.99. The Labute approximate surface area is 117 Å². The minimum absolute atomic E-state index is 0.481. The van der Waals surface area contributed by atoms with Crippen LogP contribution in [0.5, 0.6) is 5.75 Å². The molecule has 3 nitrogen and oxygen atoms in total. The zero-order valence-corrected chi connectivity index (χ0v) is 11.9. The van der Waals surface area contributed by atoms with Crippen molar-refractivity contribution in [2.24, 2.45) is 0 Å². The van der Waals surface area contributed by atoms with Crippen LogP contribution in [0.2, 0.25) is 0 Å². The average molecular weight is 275 g/mol. The van der Waals surface area contributed by atoms with Crippen molar-refractivity contribution in [3.05, 3.63) is 48.3 Å². The Kier molecular flexibility index (Phi) is 4.82. The molecule has 100 valence electrons. The summed E-state index contributed by atoms with van der Waals surface area (Å²) in [6, 6.07) is 11.7.